The van der Waals surface area contributed by atoms with Crippen molar-refractivity contribution in [1.29, 1.82) is 0 Å². The van der Waals surface area contributed by atoms with Crippen LogP contribution in [0.25, 0.3) is 11.0 Å². The zero-order chi connectivity index (χ0) is 16.4. The predicted octanol–water partition coefficient (Wildman–Crippen LogP) is 3.85. The lowest BCUT2D eigenvalue weighted by molar-refractivity contribution is 0.0755. The fraction of sp³-hybridized carbons (Fsp3) is 0.167. The van der Waals surface area contributed by atoms with E-state index < -0.39 is 0 Å². The minimum absolute atomic E-state index is 0.225. The summed E-state index contributed by atoms with van der Waals surface area (Å²) in [6.07, 6.45) is 0. The van der Waals surface area contributed by atoms with Gasteiger partial charge in [-0.05, 0) is 29.8 Å². The van der Waals surface area contributed by atoms with Crippen molar-refractivity contribution in [3.05, 3.63) is 65.7 Å². The highest BCUT2D eigenvalue weighted by Crippen LogP contribution is 2.29. The van der Waals surface area contributed by atoms with Gasteiger partial charge in [0.05, 0.1) is 7.11 Å². The van der Waals surface area contributed by atoms with E-state index in [4.69, 9.17) is 9.15 Å². The third-order valence-electron chi connectivity index (χ3n) is 3.59. The zero-order valence-electron chi connectivity index (χ0n) is 12.9. The minimum atomic E-state index is -0.322. The largest absolute Gasteiger partial charge is 0.493 e. The second-order valence-electron chi connectivity index (χ2n) is 5.28. The van der Waals surface area contributed by atoms with Gasteiger partial charge < -0.3 is 14.1 Å². The summed E-state index contributed by atoms with van der Waals surface area (Å²) in [5, 5.41) is 0.798. The van der Waals surface area contributed by atoms with Crippen molar-refractivity contribution in [3.63, 3.8) is 0 Å². The minimum Gasteiger partial charge on any atom is -0.493 e. The van der Waals surface area contributed by atoms with Crippen molar-refractivity contribution in [1.82, 2.24) is 4.90 Å². The molecule has 2 aromatic carbocycles. The maximum absolute atomic E-state index is 13.2. The molecule has 0 aliphatic heterocycles. The molecule has 0 aliphatic rings. The summed E-state index contributed by atoms with van der Waals surface area (Å²) >= 11 is 0. The van der Waals surface area contributed by atoms with Crippen molar-refractivity contribution < 1.29 is 18.3 Å². The van der Waals surface area contributed by atoms with Gasteiger partial charge in [-0.3, -0.25) is 4.79 Å². The molecule has 1 amide bonds. The molecule has 0 saturated heterocycles. The van der Waals surface area contributed by atoms with Crippen molar-refractivity contribution in [2.75, 3.05) is 14.2 Å². The molecule has 0 spiro atoms. The van der Waals surface area contributed by atoms with Gasteiger partial charge in [-0.25, -0.2) is 4.39 Å². The molecule has 5 heteroatoms. The van der Waals surface area contributed by atoms with Crippen molar-refractivity contribution in [2.45, 2.75) is 6.54 Å². The molecule has 0 fully saturated rings. The number of halogens is 1. The summed E-state index contributed by atoms with van der Waals surface area (Å²) in [6, 6.07) is 13.3. The number of furan rings is 1. The average molecular weight is 313 g/mol. The first-order chi connectivity index (χ1) is 11.1. The first-order valence-corrected chi connectivity index (χ1v) is 7.15. The van der Waals surface area contributed by atoms with E-state index >= 15 is 0 Å². The molecule has 0 unspecified atom stereocenters. The molecule has 118 valence electrons. The van der Waals surface area contributed by atoms with E-state index in [9.17, 15) is 9.18 Å². The molecule has 3 rings (SSSR count). The van der Waals surface area contributed by atoms with E-state index in [2.05, 4.69) is 0 Å². The molecule has 0 bridgehead atoms. The zero-order valence-corrected chi connectivity index (χ0v) is 12.9. The Morgan fingerprint density at radius 2 is 2.00 bits per heavy atom. The van der Waals surface area contributed by atoms with Crippen LogP contribution < -0.4 is 4.74 Å². The number of hydrogen-bond donors (Lipinski definition) is 0. The topological polar surface area (TPSA) is 42.7 Å². The monoisotopic (exact) mass is 313 g/mol. The van der Waals surface area contributed by atoms with Gasteiger partial charge in [0.1, 0.15) is 5.82 Å². The Hall–Kier alpha value is -2.82. The molecule has 1 aromatic heterocycles. The van der Waals surface area contributed by atoms with Gasteiger partial charge in [0, 0.05) is 19.0 Å². The Labute approximate surface area is 133 Å². The van der Waals surface area contributed by atoms with E-state index in [-0.39, 0.29) is 17.5 Å². The highest BCUT2D eigenvalue weighted by atomic mass is 19.1. The second kappa shape index (κ2) is 6.12. The number of para-hydroxylation sites is 1. The summed E-state index contributed by atoms with van der Waals surface area (Å²) in [6.45, 7) is 0.296. The van der Waals surface area contributed by atoms with Crippen LogP contribution in [0.5, 0.6) is 5.75 Å². The number of hydrogen-bond acceptors (Lipinski definition) is 3. The Morgan fingerprint density at radius 3 is 2.74 bits per heavy atom. The van der Waals surface area contributed by atoms with Gasteiger partial charge in [-0.2, -0.15) is 0 Å². The number of carbonyl (C=O) groups is 1. The normalized spacial score (nSPS) is 10.7. The van der Waals surface area contributed by atoms with Crippen LogP contribution in [0.4, 0.5) is 4.39 Å². The van der Waals surface area contributed by atoms with Crippen LogP contribution >= 0.6 is 0 Å². The number of ether oxygens (including phenoxy) is 1. The smallest absolute Gasteiger partial charge is 0.289 e. The highest BCUT2D eigenvalue weighted by Gasteiger charge is 2.18. The third kappa shape index (κ3) is 3.04. The van der Waals surface area contributed by atoms with Gasteiger partial charge in [0.2, 0.25) is 0 Å². The van der Waals surface area contributed by atoms with E-state index in [1.165, 1.54) is 17.0 Å². The lowest BCUT2D eigenvalue weighted by Crippen LogP contribution is -2.25. The number of benzene rings is 2. The number of amides is 1. The predicted molar refractivity (Wildman–Crippen MR) is 85.0 cm³/mol. The summed E-state index contributed by atoms with van der Waals surface area (Å²) in [4.78, 5) is 14.0. The first kappa shape index (κ1) is 15.1. The summed E-state index contributed by atoms with van der Waals surface area (Å²) in [5.74, 6) is 0.210. The Bertz CT molecular complexity index is 856. The van der Waals surface area contributed by atoms with Gasteiger partial charge in [0.15, 0.2) is 17.1 Å². The average Bonchev–Trinajstić information content (AvgIpc) is 2.98. The standard InChI is InChI=1S/C18H16FNO3/c1-20(11-12-5-3-7-14(19)9-12)18(21)16-10-13-6-4-8-15(22-2)17(13)23-16/h3-10H,11H2,1-2H3. The molecule has 0 radical (unpaired) electrons. The maximum Gasteiger partial charge on any atom is 0.289 e. The van der Waals surface area contributed by atoms with Crippen LogP contribution in [0, 0.1) is 5.82 Å². The lowest BCUT2D eigenvalue weighted by atomic mass is 10.2. The van der Waals surface area contributed by atoms with Crippen LogP contribution in [0.3, 0.4) is 0 Å². The number of nitrogens with zero attached hydrogens (tertiary/aromatic N) is 1. The van der Waals surface area contributed by atoms with Gasteiger partial charge in [0.25, 0.3) is 5.91 Å². The molecule has 3 aromatic rings. The first-order valence-electron chi connectivity index (χ1n) is 7.15. The number of methoxy groups -OCH3 is 1. The lowest BCUT2D eigenvalue weighted by Gasteiger charge is -2.15. The van der Waals surface area contributed by atoms with Crippen LogP contribution in [0.1, 0.15) is 16.1 Å². The van der Waals surface area contributed by atoms with Crippen LogP contribution in [-0.4, -0.2) is 25.0 Å². The van der Waals surface area contributed by atoms with Gasteiger partial charge >= 0.3 is 0 Å². The fourth-order valence-corrected chi connectivity index (χ4v) is 2.47. The maximum atomic E-state index is 13.2. The van der Waals surface area contributed by atoms with Crippen LogP contribution in [-0.2, 0) is 6.54 Å². The quantitative estimate of drug-likeness (QED) is 0.734. The molecule has 0 aliphatic carbocycles. The number of carbonyl (C=O) groups excluding carboxylic acids is 1. The SMILES string of the molecule is COc1cccc2cc(C(=O)N(C)Cc3cccc(F)c3)oc12. The highest BCUT2D eigenvalue weighted by molar-refractivity contribution is 5.97. The van der Waals surface area contributed by atoms with Crippen LogP contribution in [0.15, 0.2) is 52.9 Å². The van der Waals surface area contributed by atoms with Crippen molar-refractivity contribution >= 4 is 16.9 Å². The van der Waals surface area contributed by atoms with E-state index in [1.807, 2.05) is 12.1 Å². The van der Waals surface area contributed by atoms with E-state index in [0.29, 0.717) is 17.9 Å². The van der Waals surface area contributed by atoms with Gasteiger partial charge in [-0.15, -0.1) is 0 Å². The fourth-order valence-electron chi connectivity index (χ4n) is 2.47. The Balaban J connectivity index is 1.85. The van der Waals surface area contributed by atoms with Crippen molar-refractivity contribution in [3.8, 4) is 5.75 Å². The molecule has 0 N–H and O–H groups in total. The van der Waals surface area contributed by atoms with Gasteiger partial charge in [-0.1, -0.05) is 24.3 Å². The molecule has 0 saturated carbocycles. The summed E-state index contributed by atoms with van der Waals surface area (Å²) < 4.78 is 24.1. The number of rotatable bonds is 4. The van der Waals surface area contributed by atoms with E-state index in [1.54, 1.807) is 38.4 Å². The van der Waals surface area contributed by atoms with E-state index in [0.717, 1.165) is 10.9 Å². The molecular weight excluding hydrogens is 297 g/mol. The molecular formula is C18H16FNO3. The Kier molecular flexibility index (Phi) is 4.02. The molecule has 23 heavy (non-hydrogen) atoms. The number of fused-ring (bicyclic) bond motifs is 1. The molecule has 1 heterocycles. The van der Waals surface area contributed by atoms with Crippen LogP contribution in [0.2, 0.25) is 0 Å². The third-order valence-corrected chi connectivity index (χ3v) is 3.59. The summed E-state index contributed by atoms with van der Waals surface area (Å²) in [7, 11) is 3.20. The van der Waals surface area contributed by atoms with Crippen molar-refractivity contribution in [2.24, 2.45) is 0 Å². The molecule has 0 atom stereocenters. The second-order valence-corrected chi connectivity index (χ2v) is 5.28. The summed E-state index contributed by atoms with van der Waals surface area (Å²) in [5.41, 5.74) is 1.26. The Morgan fingerprint density at radius 1 is 1.22 bits per heavy atom. The molecule has 4 nitrogen and oxygen atoms in total.